The first-order valence-corrected chi connectivity index (χ1v) is 7.46. The number of aromatic nitrogens is 3. The molecule has 110 valence electrons. The number of carbonyl (C=O) groups excluding carboxylic acids is 1. The van der Waals surface area contributed by atoms with E-state index in [-0.39, 0.29) is 11.9 Å². The van der Waals surface area contributed by atoms with Crippen molar-refractivity contribution in [2.24, 2.45) is 0 Å². The van der Waals surface area contributed by atoms with Crippen LogP contribution in [0.2, 0.25) is 0 Å². The van der Waals surface area contributed by atoms with Crippen LogP contribution < -0.4 is 0 Å². The molecule has 5 heteroatoms. The molecule has 2 heterocycles. The zero-order valence-electron chi connectivity index (χ0n) is 12.1. The highest BCUT2D eigenvalue weighted by molar-refractivity contribution is 6.07. The molecular formula is C17H16N4O. The van der Waals surface area contributed by atoms with Crippen LogP contribution in [0, 0.1) is 0 Å². The summed E-state index contributed by atoms with van der Waals surface area (Å²) in [6.07, 6.45) is 4.25. The fourth-order valence-corrected chi connectivity index (χ4v) is 3.11. The van der Waals surface area contributed by atoms with E-state index < -0.39 is 0 Å². The third kappa shape index (κ3) is 2.15. The quantitative estimate of drug-likeness (QED) is 0.729. The smallest absolute Gasteiger partial charge is 0.254 e. The van der Waals surface area contributed by atoms with Gasteiger partial charge >= 0.3 is 0 Å². The second-order valence-electron chi connectivity index (χ2n) is 5.57. The van der Waals surface area contributed by atoms with Crippen LogP contribution in [0.3, 0.4) is 0 Å². The summed E-state index contributed by atoms with van der Waals surface area (Å²) in [5.74, 6) is 0.0893. The summed E-state index contributed by atoms with van der Waals surface area (Å²) in [4.78, 5) is 16.5. The van der Waals surface area contributed by atoms with Crippen molar-refractivity contribution in [1.82, 2.24) is 19.9 Å². The van der Waals surface area contributed by atoms with Crippen molar-refractivity contribution in [2.45, 2.75) is 12.5 Å². The Balaban J connectivity index is 1.62. The monoisotopic (exact) mass is 292 g/mol. The maximum Gasteiger partial charge on any atom is 0.254 e. The minimum Gasteiger partial charge on any atom is -0.336 e. The molecule has 1 aromatic heterocycles. The predicted octanol–water partition coefficient (Wildman–Crippen LogP) is 2.52. The van der Waals surface area contributed by atoms with Gasteiger partial charge in [-0.05, 0) is 23.3 Å². The van der Waals surface area contributed by atoms with Gasteiger partial charge in [-0.1, -0.05) is 36.4 Å². The molecule has 0 aliphatic carbocycles. The largest absolute Gasteiger partial charge is 0.336 e. The first-order valence-electron chi connectivity index (χ1n) is 7.46. The lowest BCUT2D eigenvalue weighted by molar-refractivity contribution is 0.0788. The highest BCUT2D eigenvalue weighted by atomic mass is 16.2. The lowest BCUT2D eigenvalue weighted by Crippen LogP contribution is -2.29. The second-order valence-corrected chi connectivity index (χ2v) is 5.57. The molecule has 5 nitrogen and oxygen atoms in total. The highest BCUT2D eigenvalue weighted by Gasteiger charge is 2.29. The van der Waals surface area contributed by atoms with E-state index in [0.717, 1.165) is 29.3 Å². The molecule has 1 fully saturated rings. The molecule has 0 saturated carbocycles. The molecule has 3 aromatic rings. The van der Waals surface area contributed by atoms with E-state index in [1.165, 1.54) is 0 Å². The van der Waals surface area contributed by atoms with Crippen LogP contribution in [0.4, 0.5) is 0 Å². The molecule has 1 saturated heterocycles. The number of hydrogen-bond donors (Lipinski definition) is 0. The van der Waals surface area contributed by atoms with Gasteiger partial charge in [0, 0.05) is 18.7 Å². The lowest BCUT2D eigenvalue weighted by Gasteiger charge is -2.17. The Morgan fingerprint density at radius 3 is 2.68 bits per heavy atom. The summed E-state index contributed by atoms with van der Waals surface area (Å²) in [5, 5.41) is 10.5. The van der Waals surface area contributed by atoms with E-state index in [2.05, 4.69) is 10.2 Å². The Kier molecular flexibility index (Phi) is 3.11. The summed E-state index contributed by atoms with van der Waals surface area (Å²) < 4.78 is 0. The maximum absolute atomic E-state index is 12.9. The van der Waals surface area contributed by atoms with E-state index in [1.54, 1.807) is 17.2 Å². The lowest BCUT2D eigenvalue weighted by atomic mass is 10.0. The summed E-state index contributed by atoms with van der Waals surface area (Å²) >= 11 is 0. The van der Waals surface area contributed by atoms with Gasteiger partial charge in [-0.15, -0.1) is 0 Å². The zero-order chi connectivity index (χ0) is 14.9. The van der Waals surface area contributed by atoms with Crippen LogP contribution in [-0.4, -0.2) is 38.9 Å². The van der Waals surface area contributed by atoms with Gasteiger partial charge in [0.05, 0.1) is 18.4 Å². The summed E-state index contributed by atoms with van der Waals surface area (Å²) in [5.41, 5.74) is 0.771. The third-order valence-corrected chi connectivity index (χ3v) is 4.23. The Labute approximate surface area is 128 Å². The van der Waals surface area contributed by atoms with Gasteiger partial charge in [0.15, 0.2) is 0 Å². The molecule has 1 amide bonds. The molecule has 0 bridgehead atoms. The zero-order valence-corrected chi connectivity index (χ0v) is 12.1. The number of rotatable bonds is 2. The van der Waals surface area contributed by atoms with Gasteiger partial charge in [-0.2, -0.15) is 15.0 Å². The van der Waals surface area contributed by atoms with Gasteiger partial charge in [0.25, 0.3) is 5.91 Å². The van der Waals surface area contributed by atoms with Crippen molar-refractivity contribution >= 4 is 16.7 Å². The Hall–Kier alpha value is -2.69. The van der Waals surface area contributed by atoms with Crippen LogP contribution >= 0.6 is 0 Å². The van der Waals surface area contributed by atoms with Crippen LogP contribution in [0.5, 0.6) is 0 Å². The summed E-state index contributed by atoms with van der Waals surface area (Å²) in [6, 6.07) is 14.1. The fourth-order valence-electron chi connectivity index (χ4n) is 3.11. The minimum absolute atomic E-state index is 0.0893. The molecule has 0 N–H and O–H groups in total. The first-order chi connectivity index (χ1) is 10.8. The van der Waals surface area contributed by atoms with Gasteiger partial charge in [0.1, 0.15) is 0 Å². The Morgan fingerprint density at radius 1 is 1.05 bits per heavy atom. The van der Waals surface area contributed by atoms with Gasteiger partial charge < -0.3 is 4.90 Å². The van der Waals surface area contributed by atoms with Crippen LogP contribution in [0.25, 0.3) is 10.8 Å². The van der Waals surface area contributed by atoms with E-state index in [4.69, 9.17) is 0 Å². The van der Waals surface area contributed by atoms with Gasteiger partial charge in [0.2, 0.25) is 0 Å². The van der Waals surface area contributed by atoms with E-state index in [9.17, 15) is 4.79 Å². The van der Waals surface area contributed by atoms with Crippen LogP contribution in [-0.2, 0) is 0 Å². The molecule has 4 rings (SSSR count). The summed E-state index contributed by atoms with van der Waals surface area (Å²) in [7, 11) is 0. The Morgan fingerprint density at radius 2 is 1.82 bits per heavy atom. The molecular weight excluding hydrogens is 276 g/mol. The van der Waals surface area contributed by atoms with E-state index >= 15 is 0 Å². The fraction of sp³-hybridized carbons (Fsp3) is 0.235. The first kappa shape index (κ1) is 13.0. The second kappa shape index (κ2) is 5.26. The molecule has 0 radical (unpaired) electrons. The molecule has 1 aliphatic rings. The number of fused-ring (bicyclic) bond motifs is 1. The predicted molar refractivity (Wildman–Crippen MR) is 83.5 cm³/mol. The van der Waals surface area contributed by atoms with Gasteiger partial charge in [-0.25, -0.2) is 0 Å². The van der Waals surface area contributed by atoms with E-state index in [1.807, 2.05) is 47.4 Å². The van der Waals surface area contributed by atoms with Crippen molar-refractivity contribution in [2.75, 3.05) is 13.1 Å². The van der Waals surface area contributed by atoms with Crippen molar-refractivity contribution in [3.8, 4) is 0 Å². The molecule has 2 aromatic carbocycles. The highest BCUT2D eigenvalue weighted by Crippen LogP contribution is 2.25. The number of carbonyl (C=O) groups is 1. The van der Waals surface area contributed by atoms with Gasteiger partial charge in [-0.3, -0.25) is 4.79 Å². The van der Waals surface area contributed by atoms with Crippen LogP contribution in [0.1, 0.15) is 22.8 Å². The normalized spacial score (nSPS) is 18.0. The third-order valence-electron chi connectivity index (χ3n) is 4.23. The number of hydrogen-bond acceptors (Lipinski definition) is 3. The standard InChI is InChI=1S/C17H16N4O/c22-17(16-7-3-5-13-4-1-2-6-15(13)16)20-11-8-14(12-20)21-18-9-10-19-21/h1-7,9-10,14H,8,11-12H2/t14-/m0/s1. The topological polar surface area (TPSA) is 51.0 Å². The summed E-state index contributed by atoms with van der Waals surface area (Å²) in [6.45, 7) is 1.41. The average molecular weight is 292 g/mol. The number of nitrogens with zero attached hydrogens (tertiary/aromatic N) is 4. The van der Waals surface area contributed by atoms with Crippen molar-refractivity contribution < 1.29 is 4.79 Å². The maximum atomic E-state index is 12.9. The number of likely N-dealkylation sites (tertiary alicyclic amines) is 1. The number of benzene rings is 2. The molecule has 22 heavy (non-hydrogen) atoms. The molecule has 1 aliphatic heterocycles. The number of amides is 1. The molecule has 1 atom stereocenters. The van der Waals surface area contributed by atoms with E-state index in [0.29, 0.717) is 6.54 Å². The SMILES string of the molecule is O=C(c1cccc2ccccc12)N1CC[C@H](n2nccn2)C1. The van der Waals surface area contributed by atoms with Crippen molar-refractivity contribution in [1.29, 1.82) is 0 Å². The minimum atomic E-state index is 0.0893. The van der Waals surface area contributed by atoms with Crippen molar-refractivity contribution in [3.63, 3.8) is 0 Å². The Bertz CT molecular complexity index is 807. The molecule has 0 spiro atoms. The van der Waals surface area contributed by atoms with Crippen LogP contribution in [0.15, 0.2) is 54.9 Å². The molecule has 0 unspecified atom stereocenters. The van der Waals surface area contributed by atoms with Crippen molar-refractivity contribution in [3.05, 3.63) is 60.4 Å². The average Bonchev–Trinajstić information content (AvgIpc) is 3.24.